The first-order chi connectivity index (χ1) is 8.20. The smallest absolute Gasteiger partial charge is 0.0661 e. The molecular weight excluding hydrogens is 257 g/mol. The second-order valence-electron chi connectivity index (χ2n) is 3.78. The van der Waals surface area contributed by atoms with Gasteiger partial charge in [-0.25, -0.2) is 4.68 Å². The van der Waals surface area contributed by atoms with E-state index < -0.39 is 0 Å². The van der Waals surface area contributed by atoms with Gasteiger partial charge in [0.2, 0.25) is 0 Å². The molecule has 2 N–H and O–H groups in total. The molecule has 3 nitrogen and oxygen atoms in total. The first-order valence-electron chi connectivity index (χ1n) is 5.40. The molecule has 5 heteroatoms. The van der Waals surface area contributed by atoms with E-state index >= 15 is 0 Å². The highest BCUT2D eigenvalue weighted by Gasteiger charge is 2.03. The van der Waals surface area contributed by atoms with Gasteiger partial charge in [-0.2, -0.15) is 5.10 Å². The Kier molecular flexibility index (Phi) is 4.05. The number of halogens is 2. The molecule has 1 aromatic carbocycles. The molecule has 0 bridgehead atoms. The molecule has 0 saturated heterocycles. The largest absolute Gasteiger partial charge is 0.330 e. The van der Waals surface area contributed by atoms with Gasteiger partial charge in [0.05, 0.1) is 21.9 Å². The van der Waals surface area contributed by atoms with Gasteiger partial charge in [-0.05, 0) is 43.1 Å². The zero-order chi connectivity index (χ0) is 12.3. The van der Waals surface area contributed by atoms with E-state index in [9.17, 15) is 0 Å². The van der Waals surface area contributed by atoms with Gasteiger partial charge >= 0.3 is 0 Å². The van der Waals surface area contributed by atoms with Gasteiger partial charge in [0, 0.05) is 6.20 Å². The van der Waals surface area contributed by atoms with Crippen LogP contribution in [0.25, 0.3) is 5.69 Å². The summed E-state index contributed by atoms with van der Waals surface area (Å²) >= 11 is 11.8. The summed E-state index contributed by atoms with van der Waals surface area (Å²) in [6, 6.07) is 5.44. The summed E-state index contributed by atoms with van der Waals surface area (Å²) in [7, 11) is 0. The molecular formula is C12H13Cl2N3. The van der Waals surface area contributed by atoms with E-state index in [1.165, 1.54) is 5.56 Å². The number of nitrogens with two attached hydrogens (primary N) is 1. The van der Waals surface area contributed by atoms with Crippen LogP contribution in [0.2, 0.25) is 10.0 Å². The molecule has 0 amide bonds. The molecule has 0 saturated carbocycles. The Balaban J connectivity index is 2.21. The van der Waals surface area contributed by atoms with Crippen molar-refractivity contribution < 1.29 is 0 Å². The van der Waals surface area contributed by atoms with E-state index in [0.717, 1.165) is 18.5 Å². The zero-order valence-corrected chi connectivity index (χ0v) is 10.7. The highest BCUT2D eigenvalue weighted by atomic mass is 35.5. The van der Waals surface area contributed by atoms with Gasteiger partial charge in [-0.3, -0.25) is 0 Å². The number of hydrogen-bond acceptors (Lipinski definition) is 2. The molecule has 0 radical (unpaired) electrons. The molecule has 2 aromatic rings. The molecule has 1 aromatic heterocycles. The Morgan fingerprint density at radius 1 is 1.24 bits per heavy atom. The number of hydrogen-bond donors (Lipinski definition) is 1. The predicted octanol–water partition coefficient (Wildman–Crippen LogP) is 3.07. The minimum Gasteiger partial charge on any atom is -0.330 e. The lowest BCUT2D eigenvalue weighted by atomic mass is 10.2. The SMILES string of the molecule is NCCCc1cnn(-c2ccc(Cl)c(Cl)c2)c1. The van der Waals surface area contributed by atoms with Crippen LogP contribution in [0, 0.1) is 0 Å². The van der Waals surface area contributed by atoms with Crippen molar-refractivity contribution in [3.8, 4) is 5.69 Å². The van der Waals surface area contributed by atoms with Crippen LogP contribution in [-0.4, -0.2) is 16.3 Å². The molecule has 0 atom stereocenters. The van der Waals surface area contributed by atoms with Crippen molar-refractivity contribution in [2.45, 2.75) is 12.8 Å². The highest BCUT2D eigenvalue weighted by molar-refractivity contribution is 6.42. The Bertz CT molecular complexity index is 508. The maximum absolute atomic E-state index is 5.96. The van der Waals surface area contributed by atoms with Gasteiger partial charge in [0.15, 0.2) is 0 Å². The fourth-order valence-electron chi connectivity index (χ4n) is 1.56. The van der Waals surface area contributed by atoms with Crippen LogP contribution < -0.4 is 5.73 Å². The number of aromatic nitrogens is 2. The van der Waals surface area contributed by atoms with Crippen LogP contribution >= 0.6 is 23.2 Å². The average molecular weight is 270 g/mol. The second kappa shape index (κ2) is 5.54. The van der Waals surface area contributed by atoms with Crippen molar-refractivity contribution >= 4 is 23.2 Å². The summed E-state index contributed by atoms with van der Waals surface area (Å²) in [6.45, 7) is 0.692. The summed E-state index contributed by atoms with van der Waals surface area (Å²) in [5, 5.41) is 5.36. The molecule has 90 valence electrons. The number of aryl methyl sites for hydroxylation is 1. The molecule has 1 heterocycles. The third-order valence-electron chi connectivity index (χ3n) is 2.47. The molecule has 0 aliphatic carbocycles. The van der Waals surface area contributed by atoms with Crippen LogP contribution in [0.3, 0.4) is 0 Å². The number of benzene rings is 1. The zero-order valence-electron chi connectivity index (χ0n) is 9.24. The van der Waals surface area contributed by atoms with E-state index in [2.05, 4.69) is 5.10 Å². The summed E-state index contributed by atoms with van der Waals surface area (Å²) in [5.41, 5.74) is 7.54. The fraction of sp³-hybridized carbons (Fsp3) is 0.250. The minimum absolute atomic E-state index is 0.531. The lowest BCUT2D eigenvalue weighted by Crippen LogP contribution is -1.99. The van der Waals surface area contributed by atoms with Gasteiger partial charge in [0.25, 0.3) is 0 Å². The number of rotatable bonds is 4. The quantitative estimate of drug-likeness (QED) is 0.927. The lowest BCUT2D eigenvalue weighted by Gasteiger charge is -2.02. The molecule has 0 fully saturated rings. The Morgan fingerprint density at radius 3 is 2.76 bits per heavy atom. The van der Waals surface area contributed by atoms with Gasteiger partial charge < -0.3 is 5.73 Å². The lowest BCUT2D eigenvalue weighted by molar-refractivity contribution is 0.831. The molecule has 0 aliphatic rings. The standard InChI is InChI=1S/C12H13Cl2N3/c13-11-4-3-10(6-12(11)14)17-8-9(7-16-17)2-1-5-15/h3-4,6-8H,1-2,5,15H2. The maximum atomic E-state index is 5.96. The van der Waals surface area contributed by atoms with E-state index in [1.54, 1.807) is 16.8 Å². The Labute approximate surface area is 110 Å². The third-order valence-corrected chi connectivity index (χ3v) is 3.21. The average Bonchev–Trinajstić information content (AvgIpc) is 2.79. The van der Waals surface area contributed by atoms with Gasteiger partial charge in [-0.15, -0.1) is 0 Å². The van der Waals surface area contributed by atoms with Crippen molar-refractivity contribution in [2.75, 3.05) is 6.54 Å². The maximum Gasteiger partial charge on any atom is 0.0661 e. The first kappa shape index (κ1) is 12.4. The topological polar surface area (TPSA) is 43.8 Å². The second-order valence-corrected chi connectivity index (χ2v) is 4.60. The minimum atomic E-state index is 0.531. The monoisotopic (exact) mass is 269 g/mol. The Hall–Kier alpha value is -1.03. The van der Waals surface area contributed by atoms with Crippen molar-refractivity contribution in [3.63, 3.8) is 0 Å². The van der Waals surface area contributed by atoms with Crippen molar-refractivity contribution in [1.29, 1.82) is 0 Å². The van der Waals surface area contributed by atoms with E-state index in [4.69, 9.17) is 28.9 Å². The normalized spacial score (nSPS) is 10.8. The van der Waals surface area contributed by atoms with E-state index in [1.807, 2.05) is 18.5 Å². The fourth-order valence-corrected chi connectivity index (χ4v) is 1.86. The predicted molar refractivity (Wildman–Crippen MR) is 71.0 cm³/mol. The van der Waals surface area contributed by atoms with Crippen LogP contribution in [0.1, 0.15) is 12.0 Å². The van der Waals surface area contributed by atoms with E-state index in [0.29, 0.717) is 16.6 Å². The van der Waals surface area contributed by atoms with Gasteiger partial charge in [-0.1, -0.05) is 23.2 Å². The summed E-state index contributed by atoms with van der Waals surface area (Å²) in [4.78, 5) is 0. The number of nitrogens with zero attached hydrogens (tertiary/aromatic N) is 2. The first-order valence-corrected chi connectivity index (χ1v) is 6.15. The van der Waals surface area contributed by atoms with Crippen molar-refractivity contribution in [2.24, 2.45) is 5.73 Å². The molecule has 0 aliphatic heterocycles. The van der Waals surface area contributed by atoms with Crippen LogP contribution in [0.5, 0.6) is 0 Å². The summed E-state index contributed by atoms with van der Waals surface area (Å²) < 4.78 is 1.79. The van der Waals surface area contributed by atoms with Gasteiger partial charge in [0.1, 0.15) is 0 Å². The van der Waals surface area contributed by atoms with Crippen LogP contribution in [0.4, 0.5) is 0 Å². The van der Waals surface area contributed by atoms with Crippen LogP contribution in [-0.2, 0) is 6.42 Å². The van der Waals surface area contributed by atoms with Crippen LogP contribution in [0.15, 0.2) is 30.6 Å². The third kappa shape index (κ3) is 3.00. The van der Waals surface area contributed by atoms with E-state index in [-0.39, 0.29) is 0 Å². The Morgan fingerprint density at radius 2 is 2.06 bits per heavy atom. The summed E-state index contributed by atoms with van der Waals surface area (Å²) in [6.07, 6.45) is 5.73. The molecule has 17 heavy (non-hydrogen) atoms. The molecule has 0 spiro atoms. The van der Waals surface area contributed by atoms with Crippen molar-refractivity contribution in [1.82, 2.24) is 9.78 Å². The summed E-state index contributed by atoms with van der Waals surface area (Å²) in [5.74, 6) is 0. The molecule has 0 unspecified atom stereocenters. The van der Waals surface area contributed by atoms with Crippen molar-refractivity contribution in [3.05, 3.63) is 46.2 Å². The highest BCUT2D eigenvalue weighted by Crippen LogP contribution is 2.24. The molecule has 2 rings (SSSR count).